The fourth-order valence-corrected chi connectivity index (χ4v) is 2.32. The molecule has 1 aliphatic carbocycles. The van der Waals surface area contributed by atoms with Crippen LogP contribution in [0.5, 0.6) is 0 Å². The zero-order chi connectivity index (χ0) is 11.5. The molecule has 1 atom stereocenters. The number of hydrogen-bond donors (Lipinski definition) is 1. The number of nitrogens with two attached hydrogens (primary N) is 1. The Morgan fingerprint density at radius 3 is 2.27 bits per heavy atom. The summed E-state index contributed by atoms with van der Waals surface area (Å²) in [5.41, 5.74) is 6.41. The van der Waals surface area contributed by atoms with Crippen molar-refractivity contribution in [2.45, 2.75) is 52.5 Å². The van der Waals surface area contributed by atoms with Gasteiger partial charge in [0.2, 0.25) is 0 Å². The molecule has 0 spiro atoms. The fourth-order valence-electron chi connectivity index (χ4n) is 2.32. The van der Waals surface area contributed by atoms with E-state index < -0.39 is 0 Å². The van der Waals surface area contributed by atoms with Crippen LogP contribution in [-0.4, -0.2) is 31.1 Å². The molecule has 0 radical (unpaired) electrons. The Morgan fingerprint density at radius 2 is 1.80 bits per heavy atom. The molecule has 2 heteroatoms. The summed E-state index contributed by atoms with van der Waals surface area (Å²) >= 11 is 0. The Morgan fingerprint density at radius 1 is 1.27 bits per heavy atom. The highest BCUT2D eigenvalue weighted by atomic mass is 15.1. The highest BCUT2D eigenvalue weighted by Gasteiger charge is 2.23. The van der Waals surface area contributed by atoms with Crippen molar-refractivity contribution in [1.82, 2.24) is 4.90 Å². The Kier molecular flexibility index (Phi) is 4.60. The van der Waals surface area contributed by atoms with Crippen LogP contribution in [0.15, 0.2) is 0 Å². The lowest BCUT2D eigenvalue weighted by Crippen LogP contribution is -2.45. The van der Waals surface area contributed by atoms with E-state index in [1.165, 1.54) is 32.2 Å². The van der Waals surface area contributed by atoms with Crippen LogP contribution in [0.1, 0.15) is 46.5 Å². The highest BCUT2D eigenvalue weighted by molar-refractivity contribution is 4.80. The van der Waals surface area contributed by atoms with Crippen LogP contribution in [0.2, 0.25) is 0 Å². The Bertz CT molecular complexity index is 177. The van der Waals surface area contributed by atoms with Gasteiger partial charge < -0.3 is 10.6 Å². The molecule has 0 aromatic rings. The first-order valence-electron chi connectivity index (χ1n) is 6.33. The van der Waals surface area contributed by atoms with Crippen LogP contribution in [0, 0.1) is 11.3 Å². The Balaban J connectivity index is 2.25. The summed E-state index contributed by atoms with van der Waals surface area (Å²) in [4.78, 5) is 2.42. The third-order valence-corrected chi connectivity index (χ3v) is 3.67. The lowest BCUT2D eigenvalue weighted by atomic mass is 9.87. The minimum absolute atomic E-state index is 0.226. The van der Waals surface area contributed by atoms with Crippen LogP contribution in [0.3, 0.4) is 0 Å². The van der Waals surface area contributed by atoms with E-state index in [-0.39, 0.29) is 11.5 Å². The van der Waals surface area contributed by atoms with Crippen molar-refractivity contribution < 1.29 is 0 Å². The summed E-state index contributed by atoms with van der Waals surface area (Å²) in [5, 5.41) is 0. The third-order valence-electron chi connectivity index (χ3n) is 3.67. The molecule has 1 unspecified atom stereocenters. The Labute approximate surface area is 95.2 Å². The van der Waals surface area contributed by atoms with E-state index in [1.807, 2.05) is 0 Å². The predicted octanol–water partition coefficient (Wildman–Crippen LogP) is 2.48. The molecule has 0 heterocycles. The van der Waals surface area contributed by atoms with Gasteiger partial charge in [-0.1, -0.05) is 33.6 Å². The summed E-state index contributed by atoms with van der Waals surface area (Å²) in [7, 11) is 2.21. The molecule has 2 nitrogen and oxygen atoms in total. The molecule has 1 saturated carbocycles. The molecule has 1 aliphatic rings. The standard InChI is InChI=1S/C13H28N2/c1-13(2,3)12(14)10-15(4)9-11-7-5-6-8-11/h11-12H,5-10,14H2,1-4H3. The van der Waals surface area contributed by atoms with Gasteiger partial charge in [-0.2, -0.15) is 0 Å². The average molecular weight is 212 g/mol. The van der Waals surface area contributed by atoms with Gasteiger partial charge in [0.1, 0.15) is 0 Å². The normalized spacial score (nSPS) is 21.2. The second-order valence-electron chi connectivity index (χ2n) is 6.34. The van der Waals surface area contributed by atoms with Gasteiger partial charge in [0.05, 0.1) is 0 Å². The Hall–Kier alpha value is -0.0800. The lowest BCUT2D eigenvalue weighted by molar-refractivity contribution is 0.206. The van der Waals surface area contributed by atoms with Gasteiger partial charge >= 0.3 is 0 Å². The first-order valence-corrected chi connectivity index (χ1v) is 6.33. The lowest BCUT2D eigenvalue weighted by Gasteiger charge is -2.32. The van der Waals surface area contributed by atoms with Crippen molar-refractivity contribution in [2.24, 2.45) is 17.1 Å². The second kappa shape index (κ2) is 5.31. The summed E-state index contributed by atoms with van der Waals surface area (Å²) in [5.74, 6) is 0.933. The van der Waals surface area contributed by atoms with E-state index in [0.29, 0.717) is 0 Å². The molecule has 0 aromatic heterocycles. The van der Waals surface area contributed by atoms with E-state index in [1.54, 1.807) is 0 Å². The molecule has 0 aliphatic heterocycles. The third kappa shape index (κ3) is 4.52. The molecular weight excluding hydrogens is 184 g/mol. The van der Waals surface area contributed by atoms with E-state index in [2.05, 4.69) is 32.7 Å². The van der Waals surface area contributed by atoms with Crippen molar-refractivity contribution in [1.29, 1.82) is 0 Å². The van der Waals surface area contributed by atoms with Gasteiger partial charge in [-0.25, -0.2) is 0 Å². The monoisotopic (exact) mass is 212 g/mol. The molecule has 15 heavy (non-hydrogen) atoms. The molecule has 90 valence electrons. The summed E-state index contributed by atoms with van der Waals surface area (Å²) in [6.45, 7) is 8.94. The van der Waals surface area contributed by atoms with Crippen molar-refractivity contribution in [3.8, 4) is 0 Å². The van der Waals surface area contributed by atoms with E-state index in [0.717, 1.165) is 12.5 Å². The predicted molar refractivity (Wildman–Crippen MR) is 66.9 cm³/mol. The number of hydrogen-bond acceptors (Lipinski definition) is 2. The molecule has 2 N–H and O–H groups in total. The van der Waals surface area contributed by atoms with Gasteiger partial charge in [-0.15, -0.1) is 0 Å². The van der Waals surface area contributed by atoms with Crippen molar-refractivity contribution in [3.05, 3.63) is 0 Å². The van der Waals surface area contributed by atoms with Gasteiger partial charge in [0.25, 0.3) is 0 Å². The number of nitrogens with zero attached hydrogens (tertiary/aromatic N) is 1. The van der Waals surface area contributed by atoms with Crippen molar-refractivity contribution in [3.63, 3.8) is 0 Å². The van der Waals surface area contributed by atoms with Crippen LogP contribution < -0.4 is 5.73 Å². The van der Waals surface area contributed by atoms with Crippen LogP contribution in [0.4, 0.5) is 0 Å². The average Bonchev–Trinajstić information content (AvgIpc) is 2.54. The number of likely N-dealkylation sites (N-methyl/N-ethyl adjacent to an activating group) is 1. The SMILES string of the molecule is CN(CC1CCCC1)CC(N)C(C)(C)C. The molecule has 0 amide bonds. The largest absolute Gasteiger partial charge is 0.326 e. The smallest absolute Gasteiger partial charge is 0.0217 e. The zero-order valence-electron chi connectivity index (χ0n) is 10.9. The first kappa shape index (κ1) is 13.0. The van der Waals surface area contributed by atoms with Crippen molar-refractivity contribution >= 4 is 0 Å². The van der Waals surface area contributed by atoms with Crippen LogP contribution in [-0.2, 0) is 0 Å². The van der Waals surface area contributed by atoms with Crippen molar-refractivity contribution in [2.75, 3.05) is 20.1 Å². The quantitative estimate of drug-likeness (QED) is 0.776. The van der Waals surface area contributed by atoms with Gasteiger partial charge in [-0.3, -0.25) is 0 Å². The molecule has 0 aromatic carbocycles. The van der Waals surface area contributed by atoms with Gasteiger partial charge in [0, 0.05) is 19.1 Å². The van der Waals surface area contributed by atoms with E-state index in [4.69, 9.17) is 5.73 Å². The second-order valence-corrected chi connectivity index (χ2v) is 6.34. The minimum atomic E-state index is 0.226. The maximum Gasteiger partial charge on any atom is 0.0217 e. The molecule has 1 rings (SSSR count). The first-order chi connectivity index (χ1) is 6.89. The fraction of sp³-hybridized carbons (Fsp3) is 1.00. The maximum atomic E-state index is 6.18. The zero-order valence-corrected chi connectivity index (χ0v) is 10.9. The van der Waals surface area contributed by atoms with Crippen LogP contribution in [0.25, 0.3) is 0 Å². The summed E-state index contributed by atoms with van der Waals surface area (Å²) in [6, 6.07) is 0.281. The summed E-state index contributed by atoms with van der Waals surface area (Å²) < 4.78 is 0. The summed E-state index contributed by atoms with van der Waals surface area (Å²) in [6.07, 6.45) is 5.72. The van der Waals surface area contributed by atoms with E-state index >= 15 is 0 Å². The molecule has 1 fully saturated rings. The molecular formula is C13H28N2. The topological polar surface area (TPSA) is 29.3 Å². The highest BCUT2D eigenvalue weighted by Crippen LogP contribution is 2.25. The molecule has 0 bridgehead atoms. The molecule has 0 saturated heterocycles. The maximum absolute atomic E-state index is 6.18. The number of rotatable bonds is 4. The minimum Gasteiger partial charge on any atom is -0.326 e. The van der Waals surface area contributed by atoms with Crippen LogP contribution >= 0.6 is 0 Å². The van der Waals surface area contributed by atoms with E-state index in [9.17, 15) is 0 Å². The van der Waals surface area contributed by atoms with Gasteiger partial charge in [0.15, 0.2) is 0 Å². The van der Waals surface area contributed by atoms with Gasteiger partial charge in [-0.05, 0) is 31.2 Å².